The summed E-state index contributed by atoms with van der Waals surface area (Å²) in [6, 6.07) is 4.17. The Bertz CT molecular complexity index is 418. The summed E-state index contributed by atoms with van der Waals surface area (Å²) >= 11 is 3.47. The highest BCUT2D eigenvalue weighted by molar-refractivity contribution is 7.21. The number of nitrogens with zero attached hydrogens (tertiary/aromatic N) is 1. The predicted octanol–water partition coefficient (Wildman–Crippen LogP) is 3.28. The molecule has 15 heavy (non-hydrogen) atoms. The second-order valence-corrected chi connectivity index (χ2v) is 5.35. The topological polar surface area (TPSA) is 38.9 Å². The van der Waals surface area contributed by atoms with Gasteiger partial charge >= 0.3 is 0 Å². The van der Waals surface area contributed by atoms with Crippen LogP contribution in [-0.4, -0.2) is 4.98 Å². The summed E-state index contributed by atoms with van der Waals surface area (Å²) < 4.78 is 0. The summed E-state index contributed by atoms with van der Waals surface area (Å²) in [4.78, 5) is 7.15. The molecule has 2 N–H and O–H groups in total. The Morgan fingerprint density at radius 3 is 2.93 bits per heavy atom. The van der Waals surface area contributed by atoms with Crippen molar-refractivity contribution in [1.29, 1.82) is 0 Å². The fourth-order valence-electron chi connectivity index (χ4n) is 1.48. The quantitative estimate of drug-likeness (QED) is 0.887. The van der Waals surface area contributed by atoms with E-state index in [1.54, 1.807) is 22.7 Å². The van der Waals surface area contributed by atoms with E-state index in [9.17, 15) is 0 Å². The zero-order valence-electron chi connectivity index (χ0n) is 8.69. The Morgan fingerprint density at radius 1 is 1.47 bits per heavy atom. The predicted molar refractivity (Wildman–Crippen MR) is 67.3 cm³/mol. The molecular formula is C11H14N2S2. The lowest BCUT2D eigenvalue weighted by molar-refractivity contribution is 0.872. The number of thiophene rings is 1. The van der Waals surface area contributed by atoms with Crippen LogP contribution in [0.2, 0.25) is 0 Å². The van der Waals surface area contributed by atoms with Crippen molar-refractivity contribution in [2.24, 2.45) is 5.73 Å². The number of hydrogen-bond donors (Lipinski definition) is 1. The average molecular weight is 238 g/mol. The van der Waals surface area contributed by atoms with Gasteiger partial charge in [0.2, 0.25) is 0 Å². The van der Waals surface area contributed by atoms with Crippen LogP contribution in [0.3, 0.4) is 0 Å². The molecule has 0 saturated heterocycles. The van der Waals surface area contributed by atoms with Crippen LogP contribution in [0.15, 0.2) is 17.5 Å². The second kappa shape index (κ2) is 4.88. The first-order valence-corrected chi connectivity index (χ1v) is 6.77. The molecule has 0 atom stereocenters. The molecule has 2 nitrogen and oxygen atoms in total. The van der Waals surface area contributed by atoms with Crippen molar-refractivity contribution in [2.75, 3.05) is 0 Å². The molecule has 0 fully saturated rings. The van der Waals surface area contributed by atoms with Gasteiger partial charge in [0.05, 0.1) is 10.6 Å². The Kier molecular flexibility index (Phi) is 3.51. The Morgan fingerprint density at radius 2 is 2.33 bits per heavy atom. The lowest BCUT2D eigenvalue weighted by atomic mass is 10.2. The van der Waals surface area contributed by atoms with Crippen LogP contribution in [0.5, 0.6) is 0 Å². The van der Waals surface area contributed by atoms with Crippen LogP contribution >= 0.6 is 22.7 Å². The molecule has 80 valence electrons. The van der Waals surface area contributed by atoms with Gasteiger partial charge in [-0.3, -0.25) is 0 Å². The Labute approximate surface area is 97.8 Å². The number of aryl methyl sites for hydroxylation is 1. The summed E-state index contributed by atoms with van der Waals surface area (Å²) in [5, 5.41) is 3.20. The van der Waals surface area contributed by atoms with Gasteiger partial charge < -0.3 is 5.73 Å². The first-order chi connectivity index (χ1) is 7.35. The van der Waals surface area contributed by atoms with Crippen molar-refractivity contribution >= 4 is 22.7 Å². The standard InChI is InChI=1S/C11H14N2S2/c1-2-4-8-10(7-12)15-11(13-8)9-5-3-6-14-9/h3,5-6H,2,4,7,12H2,1H3. The van der Waals surface area contributed by atoms with Gasteiger partial charge in [-0.25, -0.2) is 4.98 Å². The normalized spacial score (nSPS) is 10.8. The monoisotopic (exact) mass is 238 g/mol. The summed E-state index contributed by atoms with van der Waals surface area (Å²) in [6.45, 7) is 2.78. The molecule has 2 rings (SSSR count). The number of thiazole rings is 1. The lowest BCUT2D eigenvalue weighted by Crippen LogP contribution is -1.97. The fourth-order valence-corrected chi connectivity index (χ4v) is 3.26. The van der Waals surface area contributed by atoms with E-state index in [2.05, 4.69) is 29.4 Å². The average Bonchev–Trinajstić information content (AvgIpc) is 2.84. The Balaban J connectivity index is 2.34. The van der Waals surface area contributed by atoms with Crippen LogP contribution in [0.25, 0.3) is 9.88 Å². The first-order valence-electron chi connectivity index (χ1n) is 5.07. The maximum atomic E-state index is 5.72. The molecule has 0 amide bonds. The van der Waals surface area contributed by atoms with Gasteiger partial charge in [0.25, 0.3) is 0 Å². The largest absolute Gasteiger partial charge is 0.326 e. The van der Waals surface area contributed by atoms with Crippen molar-refractivity contribution < 1.29 is 0 Å². The van der Waals surface area contributed by atoms with Crippen LogP contribution in [0.1, 0.15) is 23.9 Å². The van der Waals surface area contributed by atoms with Gasteiger partial charge in [-0.15, -0.1) is 22.7 Å². The molecule has 0 unspecified atom stereocenters. The van der Waals surface area contributed by atoms with E-state index in [0.717, 1.165) is 17.8 Å². The highest BCUT2D eigenvalue weighted by atomic mass is 32.1. The third-order valence-corrected chi connectivity index (χ3v) is 4.34. The molecule has 4 heteroatoms. The molecule has 0 saturated carbocycles. The first kappa shape index (κ1) is 10.8. The van der Waals surface area contributed by atoms with Gasteiger partial charge in [0.15, 0.2) is 0 Å². The summed E-state index contributed by atoms with van der Waals surface area (Å²) in [6.07, 6.45) is 2.16. The molecule has 0 bridgehead atoms. The molecule has 0 aliphatic carbocycles. The van der Waals surface area contributed by atoms with Crippen LogP contribution in [-0.2, 0) is 13.0 Å². The molecule has 0 radical (unpaired) electrons. The van der Waals surface area contributed by atoms with Crippen LogP contribution in [0.4, 0.5) is 0 Å². The van der Waals surface area contributed by atoms with Crippen LogP contribution < -0.4 is 5.73 Å². The van der Waals surface area contributed by atoms with Crippen molar-refractivity contribution in [3.63, 3.8) is 0 Å². The van der Waals surface area contributed by atoms with E-state index in [4.69, 9.17) is 5.73 Å². The molecule has 0 aliphatic rings. The number of rotatable bonds is 4. The fraction of sp³-hybridized carbons (Fsp3) is 0.364. The van der Waals surface area contributed by atoms with Gasteiger partial charge in [0, 0.05) is 11.4 Å². The second-order valence-electron chi connectivity index (χ2n) is 3.32. The minimum atomic E-state index is 0.609. The molecule has 0 aliphatic heterocycles. The van der Waals surface area contributed by atoms with Crippen molar-refractivity contribution in [1.82, 2.24) is 4.98 Å². The highest BCUT2D eigenvalue weighted by Crippen LogP contribution is 2.31. The van der Waals surface area contributed by atoms with Gasteiger partial charge in [-0.05, 0) is 17.9 Å². The molecule has 2 heterocycles. The third kappa shape index (κ3) is 2.27. The van der Waals surface area contributed by atoms with E-state index in [1.165, 1.54) is 15.4 Å². The minimum Gasteiger partial charge on any atom is -0.326 e. The smallest absolute Gasteiger partial charge is 0.133 e. The zero-order valence-corrected chi connectivity index (χ0v) is 10.3. The van der Waals surface area contributed by atoms with Crippen molar-refractivity contribution in [3.8, 4) is 9.88 Å². The summed E-state index contributed by atoms with van der Waals surface area (Å²) in [7, 11) is 0. The van der Waals surface area contributed by atoms with Crippen molar-refractivity contribution in [2.45, 2.75) is 26.3 Å². The van der Waals surface area contributed by atoms with E-state index >= 15 is 0 Å². The summed E-state index contributed by atoms with van der Waals surface area (Å²) in [5.41, 5.74) is 6.91. The lowest BCUT2D eigenvalue weighted by Gasteiger charge is -1.94. The maximum absolute atomic E-state index is 5.72. The molecule has 2 aromatic heterocycles. The molecule has 2 aromatic rings. The number of aromatic nitrogens is 1. The van der Waals surface area contributed by atoms with E-state index in [-0.39, 0.29) is 0 Å². The SMILES string of the molecule is CCCc1nc(-c2cccs2)sc1CN. The van der Waals surface area contributed by atoms with Crippen LogP contribution in [0, 0.1) is 0 Å². The van der Waals surface area contributed by atoms with Gasteiger partial charge in [-0.1, -0.05) is 19.4 Å². The van der Waals surface area contributed by atoms with E-state index in [0.29, 0.717) is 6.54 Å². The Hall–Kier alpha value is -0.710. The summed E-state index contributed by atoms with van der Waals surface area (Å²) in [5.74, 6) is 0. The van der Waals surface area contributed by atoms with E-state index < -0.39 is 0 Å². The molecule has 0 aromatic carbocycles. The van der Waals surface area contributed by atoms with E-state index in [1.807, 2.05) is 0 Å². The number of nitrogens with two attached hydrogens (primary N) is 1. The third-order valence-electron chi connectivity index (χ3n) is 2.18. The van der Waals surface area contributed by atoms with Gasteiger partial charge in [0.1, 0.15) is 5.01 Å². The molecule has 0 spiro atoms. The minimum absolute atomic E-state index is 0.609. The zero-order chi connectivity index (χ0) is 10.7. The molecular weight excluding hydrogens is 224 g/mol. The van der Waals surface area contributed by atoms with Crippen molar-refractivity contribution in [3.05, 3.63) is 28.1 Å². The number of hydrogen-bond acceptors (Lipinski definition) is 4. The van der Waals surface area contributed by atoms with Gasteiger partial charge in [-0.2, -0.15) is 0 Å². The maximum Gasteiger partial charge on any atom is 0.133 e. The highest BCUT2D eigenvalue weighted by Gasteiger charge is 2.10.